The van der Waals surface area contributed by atoms with Crippen LogP contribution in [0.4, 0.5) is 0 Å². The standard InChI is InChI=1S/C13H15ClN2O2/c1-2-10(9-15)16-13(17)7-8-18-12-6-4-3-5-11(12)14/h3-6,10H,2,7-8H2,1H3,(H,16,17)/t10-/m1/s1. The molecule has 1 rings (SSSR count). The van der Waals surface area contributed by atoms with Gasteiger partial charge in [0.25, 0.3) is 0 Å². The van der Waals surface area contributed by atoms with Gasteiger partial charge < -0.3 is 10.1 Å². The monoisotopic (exact) mass is 266 g/mol. The van der Waals surface area contributed by atoms with Gasteiger partial charge in [-0.1, -0.05) is 30.7 Å². The molecule has 1 N–H and O–H groups in total. The summed E-state index contributed by atoms with van der Waals surface area (Å²) >= 11 is 5.90. The number of benzene rings is 1. The van der Waals surface area contributed by atoms with Gasteiger partial charge in [0.1, 0.15) is 11.8 Å². The lowest BCUT2D eigenvalue weighted by atomic mass is 10.2. The molecule has 0 aliphatic carbocycles. The molecule has 0 aliphatic rings. The Morgan fingerprint density at radius 2 is 2.28 bits per heavy atom. The van der Waals surface area contributed by atoms with Crippen molar-refractivity contribution in [1.82, 2.24) is 5.32 Å². The number of rotatable bonds is 6. The Bertz CT molecular complexity index is 443. The van der Waals surface area contributed by atoms with Crippen molar-refractivity contribution in [1.29, 1.82) is 5.26 Å². The molecule has 0 aliphatic heterocycles. The predicted octanol–water partition coefficient (Wildman–Crippen LogP) is 2.53. The molecule has 4 nitrogen and oxygen atoms in total. The summed E-state index contributed by atoms with van der Waals surface area (Å²) in [6, 6.07) is 8.65. The van der Waals surface area contributed by atoms with Crippen LogP contribution in [0.25, 0.3) is 0 Å². The first-order valence-electron chi connectivity index (χ1n) is 5.73. The molecule has 0 bridgehead atoms. The second kappa shape index (κ2) is 7.57. The van der Waals surface area contributed by atoms with Crippen LogP contribution < -0.4 is 10.1 Å². The Morgan fingerprint density at radius 3 is 2.89 bits per heavy atom. The van der Waals surface area contributed by atoms with E-state index in [1.54, 1.807) is 18.2 Å². The zero-order valence-electron chi connectivity index (χ0n) is 10.1. The van der Waals surface area contributed by atoms with E-state index in [4.69, 9.17) is 21.6 Å². The number of amides is 1. The maximum Gasteiger partial charge on any atom is 0.224 e. The summed E-state index contributed by atoms with van der Waals surface area (Å²) in [4.78, 5) is 11.5. The first-order valence-corrected chi connectivity index (χ1v) is 6.11. The van der Waals surface area contributed by atoms with Crippen molar-refractivity contribution in [3.05, 3.63) is 29.3 Å². The Hall–Kier alpha value is -1.73. The number of nitriles is 1. The van der Waals surface area contributed by atoms with Crippen molar-refractivity contribution >= 4 is 17.5 Å². The molecule has 0 radical (unpaired) electrons. The van der Waals surface area contributed by atoms with Crippen LogP contribution >= 0.6 is 11.6 Å². The first kappa shape index (κ1) is 14.3. The van der Waals surface area contributed by atoms with Gasteiger partial charge >= 0.3 is 0 Å². The highest BCUT2D eigenvalue weighted by Gasteiger charge is 2.09. The Labute approximate surface area is 112 Å². The van der Waals surface area contributed by atoms with Gasteiger partial charge in [-0.3, -0.25) is 4.79 Å². The first-order chi connectivity index (χ1) is 8.67. The van der Waals surface area contributed by atoms with Gasteiger partial charge in [-0.05, 0) is 18.6 Å². The summed E-state index contributed by atoms with van der Waals surface area (Å²) < 4.78 is 5.38. The van der Waals surface area contributed by atoms with Crippen molar-refractivity contribution in [3.63, 3.8) is 0 Å². The van der Waals surface area contributed by atoms with Gasteiger partial charge in [-0.25, -0.2) is 0 Å². The third-order valence-electron chi connectivity index (χ3n) is 2.32. The molecule has 1 aromatic carbocycles. The molecular formula is C13H15ClN2O2. The minimum absolute atomic E-state index is 0.198. The number of carbonyl (C=O) groups excluding carboxylic acids is 1. The fourth-order valence-electron chi connectivity index (χ4n) is 1.31. The van der Waals surface area contributed by atoms with Crippen LogP contribution in [0.15, 0.2) is 24.3 Å². The summed E-state index contributed by atoms with van der Waals surface area (Å²) in [7, 11) is 0. The minimum atomic E-state index is -0.433. The summed E-state index contributed by atoms with van der Waals surface area (Å²) in [5.41, 5.74) is 0. The number of nitrogens with one attached hydrogen (secondary N) is 1. The van der Waals surface area contributed by atoms with Crippen molar-refractivity contribution in [3.8, 4) is 11.8 Å². The lowest BCUT2D eigenvalue weighted by Gasteiger charge is -2.10. The summed E-state index contributed by atoms with van der Waals surface area (Å²) in [6.07, 6.45) is 0.789. The lowest BCUT2D eigenvalue weighted by molar-refractivity contribution is -0.121. The van der Waals surface area contributed by atoms with E-state index in [1.807, 2.05) is 19.1 Å². The zero-order chi connectivity index (χ0) is 13.4. The lowest BCUT2D eigenvalue weighted by Crippen LogP contribution is -2.33. The van der Waals surface area contributed by atoms with Gasteiger partial charge in [0.05, 0.1) is 24.1 Å². The molecule has 0 fully saturated rings. The van der Waals surface area contributed by atoms with Gasteiger partial charge in [0, 0.05) is 0 Å². The molecule has 1 amide bonds. The third-order valence-corrected chi connectivity index (χ3v) is 2.63. The van der Waals surface area contributed by atoms with E-state index < -0.39 is 6.04 Å². The molecule has 18 heavy (non-hydrogen) atoms. The molecule has 5 heteroatoms. The molecule has 1 atom stereocenters. The van der Waals surface area contributed by atoms with Crippen LogP contribution in [0, 0.1) is 11.3 Å². The van der Waals surface area contributed by atoms with E-state index >= 15 is 0 Å². The number of halogens is 1. The molecule has 0 spiro atoms. The van der Waals surface area contributed by atoms with Crippen LogP contribution in [0.5, 0.6) is 5.75 Å². The normalized spacial score (nSPS) is 11.4. The van der Waals surface area contributed by atoms with E-state index in [0.717, 1.165) is 0 Å². The number of hydrogen-bond acceptors (Lipinski definition) is 3. The van der Waals surface area contributed by atoms with Crippen LogP contribution in [0.2, 0.25) is 5.02 Å². The quantitative estimate of drug-likeness (QED) is 0.861. The minimum Gasteiger partial charge on any atom is -0.491 e. The summed E-state index contributed by atoms with van der Waals surface area (Å²) in [5, 5.41) is 11.8. The van der Waals surface area contributed by atoms with E-state index in [9.17, 15) is 4.79 Å². The number of para-hydroxylation sites is 1. The van der Waals surface area contributed by atoms with Crippen molar-refractivity contribution in [2.45, 2.75) is 25.8 Å². The molecular weight excluding hydrogens is 252 g/mol. The van der Waals surface area contributed by atoms with Crippen molar-refractivity contribution < 1.29 is 9.53 Å². The Kier molecular flexibility index (Phi) is 6.03. The fraction of sp³-hybridized carbons (Fsp3) is 0.385. The fourth-order valence-corrected chi connectivity index (χ4v) is 1.50. The number of nitrogens with zero attached hydrogens (tertiary/aromatic N) is 1. The predicted molar refractivity (Wildman–Crippen MR) is 69.4 cm³/mol. The largest absolute Gasteiger partial charge is 0.491 e. The van der Waals surface area contributed by atoms with Crippen LogP contribution in [0.3, 0.4) is 0 Å². The number of hydrogen-bond donors (Lipinski definition) is 1. The van der Waals surface area contributed by atoms with Crippen LogP contribution in [-0.4, -0.2) is 18.6 Å². The van der Waals surface area contributed by atoms with E-state index in [1.165, 1.54) is 0 Å². The van der Waals surface area contributed by atoms with Crippen LogP contribution in [-0.2, 0) is 4.79 Å². The van der Waals surface area contributed by atoms with Gasteiger partial charge in [0.2, 0.25) is 5.91 Å². The van der Waals surface area contributed by atoms with E-state index in [2.05, 4.69) is 5.32 Å². The number of carbonyl (C=O) groups is 1. The molecule has 1 aromatic rings. The van der Waals surface area contributed by atoms with Crippen molar-refractivity contribution in [2.75, 3.05) is 6.61 Å². The summed E-state index contributed by atoms with van der Waals surface area (Å²) in [6.45, 7) is 2.08. The van der Waals surface area contributed by atoms with Crippen molar-refractivity contribution in [2.24, 2.45) is 0 Å². The van der Waals surface area contributed by atoms with Crippen LogP contribution in [0.1, 0.15) is 19.8 Å². The molecule has 0 heterocycles. The SMILES string of the molecule is CC[C@H](C#N)NC(=O)CCOc1ccccc1Cl. The van der Waals surface area contributed by atoms with E-state index in [0.29, 0.717) is 17.2 Å². The highest BCUT2D eigenvalue weighted by atomic mass is 35.5. The molecule has 0 saturated carbocycles. The average molecular weight is 267 g/mol. The smallest absolute Gasteiger partial charge is 0.224 e. The second-order valence-corrected chi connectivity index (χ2v) is 4.09. The second-order valence-electron chi connectivity index (χ2n) is 3.69. The maximum absolute atomic E-state index is 11.5. The highest BCUT2D eigenvalue weighted by molar-refractivity contribution is 6.32. The highest BCUT2D eigenvalue weighted by Crippen LogP contribution is 2.22. The molecule has 0 saturated heterocycles. The third kappa shape index (κ3) is 4.64. The topological polar surface area (TPSA) is 62.1 Å². The zero-order valence-corrected chi connectivity index (χ0v) is 10.9. The Morgan fingerprint density at radius 1 is 1.56 bits per heavy atom. The molecule has 0 aromatic heterocycles. The van der Waals surface area contributed by atoms with Gasteiger partial charge in [-0.2, -0.15) is 5.26 Å². The van der Waals surface area contributed by atoms with Gasteiger partial charge in [-0.15, -0.1) is 0 Å². The van der Waals surface area contributed by atoms with E-state index in [-0.39, 0.29) is 18.9 Å². The average Bonchev–Trinajstić information content (AvgIpc) is 2.38. The maximum atomic E-state index is 11.5. The van der Waals surface area contributed by atoms with Gasteiger partial charge in [0.15, 0.2) is 0 Å². The summed E-state index contributed by atoms with van der Waals surface area (Å²) in [5.74, 6) is 0.356. The molecule has 0 unspecified atom stereocenters. The number of ether oxygens (including phenoxy) is 1. The molecule has 96 valence electrons. The Balaban J connectivity index is 2.32.